The van der Waals surface area contributed by atoms with Crippen molar-refractivity contribution < 1.29 is 22.5 Å². The highest BCUT2D eigenvalue weighted by Gasteiger charge is 2.36. The van der Waals surface area contributed by atoms with Crippen LogP contribution in [-0.4, -0.2) is 25.0 Å². The monoisotopic (exact) mass is 435 g/mol. The Morgan fingerprint density at radius 1 is 1.00 bits per heavy atom. The lowest BCUT2D eigenvalue weighted by Crippen LogP contribution is -2.44. The Hall–Kier alpha value is -3.42. The number of benzene rings is 3. The Bertz CT molecular complexity index is 1270. The average Bonchev–Trinajstić information content (AvgIpc) is 2.75. The van der Waals surface area contributed by atoms with E-state index >= 15 is 0 Å². The second-order valence-electron chi connectivity index (χ2n) is 7.43. The van der Waals surface area contributed by atoms with Crippen LogP contribution in [0.2, 0.25) is 0 Å². The molecule has 1 aliphatic rings. The number of aryl methyl sites for hydroxylation is 1. The predicted molar refractivity (Wildman–Crippen MR) is 118 cm³/mol. The maximum Gasteiger partial charge on any atom is 0.339 e. The van der Waals surface area contributed by atoms with Gasteiger partial charge in [-0.1, -0.05) is 60.2 Å². The lowest BCUT2D eigenvalue weighted by molar-refractivity contribution is -0.129. The molecule has 1 amide bonds. The molecule has 0 fully saturated rings. The minimum absolute atomic E-state index is 0.00433. The van der Waals surface area contributed by atoms with Crippen LogP contribution in [0, 0.1) is 6.92 Å². The van der Waals surface area contributed by atoms with E-state index in [0.717, 1.165) is 16.7 Å². The molecule has 0 radical (unpaired) electrons. The zero-order valence-corrected chi connectivity index (χ0v) is 17.6. The molecular formula is C24H21NO5S. The average molecular weight is 436 g/mol. The third-order valence-electron chi connectivity index (χ3n) is 5.09. The highest BCUT2D eigenvalue weighted by atomic mass is 32.2. The number of aliphatic hydroxyl groups is 1. The van der Waals surface area contributed by atoms with Crippen molar-refractivity contribution in [3.05, 3.63) is 95.6 Å². The SMILES string of the molecule is Cc1ccc(S(=O)(=O)Oc2ccccc2NC(=O)C2(O)C=Cc3ccccc3C2)cc1. The van der Waals surface area contributed by atoms with Crippen molar-refractivity contribution in [3.8, 4) is 5.75 Å². The summed E-state index contributed by atoms with van der Waals surface area (Å²) in [6.07, 6.45) is 3.25. The van der Waals surface area contributed by atoms with Crippen molar-refractivity contribution in [2.75, 3.05) is 5.32 Å². The van der Waals surface area contributed by atoms with Crippen LogP contribution >= 0.6 is 0 Å². The van der Waals surface area contributed by atoms with Gasteiger partial charge in [0.05, 0.1) is 5.69 Å². The van der Waals surface area contributed by atoms with Crippen LogP contribution in [0.3, 0.4) is 0 Å². The molecule has 31 heavy (non-hydrogen) atoms. The van der Waals surface area contributed by atoms with E-state index in [1.165, 1.54) is 30.3 Å². The van der Waals surface area contributed by atoms with Crippen molar-refractivity contribution in [2.24, 2.45) is 0 Å². The molecule has 4 rings (SSSR count). The van der Waals surface area contributed by atoms with Crippen molar-refractivity contribution in [2.45, 2.75) is 23.8 Å². The number of anilines is 1. The first-order chi connectivity index (χ1) is 14.8. The highest BCUT2D eigenvalue weighted by Crippen LogP contribution is 2.31. The second-order valence-corrected chi connectivity index (χ2v) is 8.98. The number of hydrogen-bond donors (Lipinski definition) is 2. The molecule has 0 saturated heterocycles. The molecule has 3 aromatic rings. The molecule has 7 heteroatoms. The van der Waals surface area contributed by atoms with Crippen LogP contribution in [0.1, 0.15) is 16.7 Å². The maximum absolute atomic E-state index is 12.9. The van der Waals surface area contributed by atoms with Gasteiger partial charge in [0.25, 0.3) is 5.91 Å². The fourth-order valence-electron chi connectivity index (χ4n) is 3.34. The fourth-order valence-corrected chi connectivity index (χ4v) is 4.28. The van der Waals surface area contributed by atoms with E-state index in [1.54, 1.807) is 30.3 Å². The summed E-state index contributed by atoms with van der Waals surface area (Å²) in [5.74, 6) is -0.720. The van der Waals surface area contributed by atoms with Crippen molar-refractivity contribution >= 4 is 27.8 Å². The molecule has 6 nitrogen and oxygen atoms in total. The topological polar surface area (TPSA) is 92.7 Å². The zero-order chi connectivity index (χ0) is 22.1. The number of nitrogens with one attached hydrogen (secondary N) is 1. The Morgan fingerprint density at radius 3 is 2.45 bits per heavy atom. The Kier molecular flexibility index (Phi) is 5.39. The van der Waals surface area contributed by atoms with E-state index in [2.05, 4.69) is 5.32 Å². The van der Waals surface area contributed by atoms with Gasteiger partial charge in [0, 0.05) is 6.42 Å². The number of carbonyl (C=O) groups excluding carboxylic acids is 1. The van der Waals surface area contributed by atoms with Gasteiger partial charge in [0.2, 0.25) is 0 Å². The summed E-state index contributed by atoms with van der Waals surface area (Å²) in [6.45, 7) is 1.85. The van der Waals surface area contributed by atoms with E-state index in [4.69, 9.17) is 4.18 Å². The van der Waals surface area contributed by atoms with Crippen LogP contribution in [0.25, 0.3) is 6.08 Å². The van der Waals surface area contributed by atoms with Crippen LogP contribution < -0.4 is 9.50 Å². The molecule has 1 unspecified atom stereocenters. The van der Waals surface area contributed by atoms with Gasteiger partial charge in [-0.3, -0.25) is 4.79 Å². The third-order valence-corrected chi connectivity index (χ3v) is 6.34. The molecule has 158 valence electrons. The second kappa shape index (κ2) is 8.02. The molecule has 3 aromatic carbocycles. The lowest BCUT2D eigenvalue weighted by Gasteiger charge is -2.28. The number of para-hydroxylation sites is 2. The van der Waals surface area contributed by atoms with E-state index in [1.807, 2.05) is 31.2 Å². The molecule has 0 saturated carbocycles. The van der Waals surface area contributed by atoms with Gasteiger partial charge in [-0.2, -0.15) is 8.42 Å². The minimum atomic E-state index is -4.10. The van der Waals surface area contributed by atoms with Crippen molar-refractivity contribution in [1.29, 1.82) is 0 Å². The Balaban J connectivity index is 1.57. The van der Waals surface area contributed by atoms with Gasteiger partial charge in [0.1, 0.15) is 4.90 Å². The highest BCUT2D eigenvalue weighted by molar-refractivity contribution is 7.87. The molecule has 1 atom stereocenters. The minimum Gasteiger partial charge on any atom is -0.377 e. The first kappa shape index (κ1) is 20.8. The number of rotatable bonds is 5. The summed E-state index contributed by atoms with van der Waals surface area (Å²) in [5, 5.41) is 13.5. The van der Waals surface area contributed by atoms with Crippen molar-refractivity contribution in [1.82, 2.24) is 0 Å². The lowest BCUT2D eigenvalue weighted by atomic mass is 9.85. The normalized spacial score (nSPS) is 17.6. The number of carbonyl (C=O) groups is 1. The molecule has 0 aromatic heterocycles. The van der Waals surface area contributed by atoms with Crippen LogP contribution in [0.4, 0.5) is 5.69 Å². The summed E-state index contributed by atoms with van der Waals surface area (Å²) in [7, 11) is -4.10. The van der Waals surface area contributed by atoms with Gasteiger partial charge >= 0.3 is 10.1 Å². The smallest absolute Gasteiger partial charge is 0.339 e. The fraction of sp³-hybridized carbons (Fsp3) is 0.125. The molecule has 1 aliphatic carbocycles. The summed E-state index contributed by atoms with van der Waals surface area (Å²) in [5.41, 5.74) is 1.07. The largest absolute Gasteiger partial charge is 0.377 e. The van der Waals surface area contributed by atoms with Gasteiger partial charge in [-0.15, -0.1) is 0 Å². The Morgan fingerprint density at radius 2 is 1.68 bits per heavy atom. The third kappa shape index (κ3) is 4.38. The molecule has 0 aliphatic heterocycles. The standard InChI is InChI=1S/C24H21NO5S/c1-17-10-12-20(13-11-17)31(28,29)30-22-9-5-4-8-21(22)25-23(26)24(27)15-14-18-6-2-3-7-19(18)16-24/h2-15,27H,16H2,1H3,(H,25,26). The van der Waals surface area contributed by atoms with Gasteiger partial charge in [0.15, 0.2) is 11.4 Å². The summed E-state index contributed by atoms with van der Waals surface area (Å²) < 4.78 is 30.6. The first-order valence-electron chi connectivity index (χ1n) is 9.68. The Labute approximate surface area is 180 Å². The maximum atomic E-state index is 12.9. The summed E-state index contributed by atoms with van der Waals surface area (Å²) in [6, 6.07) is 19.9. The van der Waals surface area contributed by atoms with Gasteiger partial charge in [-0.25, -0.2) is 0 Å². The van der Waals surface area contributed by atoms with Gasteiger partial charge < -0.3 is 14.6 Å². The van der Waals surface area contributed by atoms with Crippen LogP contribution in [-0.2, 0) is 21.3 Å². The van der Waals surface area contributed by atoms with E-state index in [9.17, 15) is 18.3 Å². The van der Waals surface area contributed by atoms with Crippen molar-refractivity contribution in [3.63, 3.8) is 0 Å². The van der Waals surface area contributed by atoms with E-state index < -0.39 is 21.6 Å². The molecule has 2 N–H and O–H groups in total. The van der Waals surface area contributed by atoms with Crippen LogP contribution in [0.5, 0.6) is 5.75 Å². The summed E-state index contributed by atoms with van der Waals surface area (Å²) in [4.78, 5) is 12.9. The molecular weight excluding hydrogens is 414 g/mol. The molecule has 0 bridgehead atoms. The first-order valence-corrected chi connectivity index (χ1v) is 11.1. The quantitative estimate of drug-likeness (QED) is 0.596. The van der Waals surface area contributed by atoms with E-state index in [-0.39, 0.29) is 22.8 Å². The molecule has 0 spiro atoms. The number of hydrogen-bond acceptors (Lipinski definition) is 5. The predicted octanol–water partition coefficient (Wildman–Crippen LogP) is 3.70. The van der Waals surface area contributed by atoms with E-state index in [0.29, 0.717) is 0 Å². The number of amides is 1. The van der Waals surface area contributed by atoms with Crippen LogP contribution in [0.15, 0.2) is 83.8 Å². The summed E-state index contributed by atoms with van der Waals surface area (Å²) >= 11 is 0. The van der Waals surface area contributed by atoms with Gasteiger partial charge in [-0.05, 0) is 48.4 Å². The zero-order valence-electron chi connectivity index (χ0n) is 16.8. The number of fused-ring (bicyclic) bond motifs is 1. The molecule has 0 heterocycles.